The minimum Gasteiger partial charge on any atom is -0.486 e. The van der Waals surface area contributed by atoms with Crippen molar-refractivity contribution in [2.75, 3.05) is 33.0 Å². The van der Waals surface area contributed by atoms with Gasteiger partial charge in [0.25, 0.3) is 0 Å². The van der Waals surface area contributed by atoms with E-state index in [4.69, 9.17) is 49.5 Å². The van der Waals surface area contributed by atoms with Gasteiger partial charge in [-0.05, 0) is 42.8 Å². The van der Waals surface area contributed by atoms with Gasteiger partial charge in [0, 0.05) is 23.8 Å². The van der Waals surface area contributed by atoms with Crippen molar-refractivity contribution in [1.29, 1.82) is 0 Å². The zero-order valence-electron chi connectivity index (χ0n) is 24.9. The first-order valence-corrected chi connectivity index (χ1v) is 14.4. The van der Waals surface area contributed by atoms with Gasteiger partial charge in [-0.25, -0.2) is 9.59 Å². The summed E-state index contributed by atoms with van der Waals surface area (Å²) in [5.41, 5.74) is 0.689. The lowest BCUT2D eigenvalue weighted by Gasteiger charge is -2.43. The molecular formula is C33H37ClO11. The molecule has 0 bridgehead atoms. The number of ether oxygens (including phenoxy) is 8. The van der Waals surface area contributed by atoms with E-state index >= 15 is 0 Å². The molecule has 242 valence electrons. The Balaban J connectivity index is 1.87. The van der Waals surface area contributed by atoms with Crippen molar-refractivity contribution < 1.29 is 52.6 Å². The molecule has 1 N–H and O–H groups in total. The Labute approximate surface area is 267 Å². The van der Waals surface area contributed by atoms with Crippen molar-refractivity contribution in [2.45, 2.75) is 37.6 Å². The summed E-state index contributed by atoms with van der Waals surface area (Å²) in [7, 11) is 0. The van der Waals surface area contributed by atoms with Gasteiger partial charge in [-0.15, -0.1) is 0 Å². The molecule has 0 radical (unpaired) electrons. The SMILES string of the molecule is C=CCOC(=O)OC[C@H]1O[C@@H](OCC)[C@H](Oc2ccc(OCC=C)c(OCC=C)c2)[C@@H](O)[C@@H]1OC(=O)/C=C/c1ccc(Cl)cc1. The zero-order chi connectivity index (χ0) is 32.6. The highest BCUT2D eigenvalue weighted by atomic mass is 35.5. The van der Waals surface area contributed by atoms with E-state index in [0.29, 0.717) is 22.1 Å². The number of aliphatic hydroxyl groups is 1. The van der Waals surface area contributed by atoms with Crippen molar-refractivity contribution in [1.82, 2.24) is 0 Å². The van der Waals surface area contributed by atoms with E-state index in [1.165, 1.54) is 18.2 Å². The van der Waals surface area contributed by atoms with Crippen LogP contribution in [-0.2, 0) is 28.5 Å². The molecule has 2 aromatic carbocycles. The van der Waals surface area contributed by atoms with Crippen LogP contribution in [0, 0.1) is 0 Å². The van der Waals surface area contributed by atoms with Crippen LogP contribution in [0.1, 0.15) is 12.5 Å². The minimum atomic E-state index is -1.50. The van der Waals surface area contributed by atoms with Crippen molar-refractivity contribution >= 4 is 29.8 Å². The molecule has 0 saturated carbocycles. The summed E-state index contributed by atoms with van der Waals surface area (Å²) in [4.78, 5) is 24.9. The van der Waals surface area contributed by atoms with Crippen LogP contribution in [0.3, 0.4) is 0 Å². The fourth-order valence-electron chi connectivity index (χ4n) is 4.08. The minimum absolute atomic E-state index is 0.0751. The lowest BCUT2D eigenvalue weighted by Crippen LogP contribution is -2.62. The van der Waals surface area contributed by atoms with Crippen LogP contribution < -0.4 is 14.2 Å². The number of rotatable bonds is 17. The molecular weight excluding hydrogens is 608 g/mol. The molecule has 3 rings (SSSR count). The number of aliphatic hydroxyl groups excluding tert-OH is 1. The summed E-state index contributed by atoms with van der Waals surface area (Å²) in [5, 5.41) is 12.1. The number of carbonyl (C=O) groups is 2. The fourth-order valence-corrected chi connectivity index (χ4v) is 4.20. The quantitative estimate of drug-likeness (QED) is 0.137. The molecule has 11 nitrogen and oxygen atoms in total. The first-order chi connectivity index (χ1) is 21.8. The van der Waals surface area contributed by atoms with Crippen molar-refractivity contribution in [2.24, 2.45) is 0 Å². The van der Waals surface area contributed by atoms with Gasteiger partial charge in [0.15, 0.2) is 30.0 Å². The predicted molar refractivity (Wildman–Crippen MR) is 166 cm³/mol. The number of hydrogen-bond donors (Lipinski definition) is 1. The van der Waals surface area contributed by atoms with Crippen LogP contribution in [0.25, 0.3) is 6.08 Å². The summed E-state index contributed by atoms with van der Waals surface area (Å²) in [6, 6.07) is 11.6. The molecule has 1 aliphatic heterocycles. The first-order valence-electron chi connectivity index (χ1n) is 14.1. The van der Waals surface area contributed by atoms with Gasteiger partial charge in [-0.1, -0.05) is 61.7 Å². The van der Waals surface area contributed by atoms with E-state index < -0.39 is 49.4 Å². The Hall–Kier alpha value is -4.29. The van der Waals surface area contributed by atoms with Gasteiger partial charge in [-0.3, -0.25) is 0 Å². The smallest absolute Gasteiger partial charge is 0.486 e. The normalized spacial score (nSPS) is 20.9. The Kier molecular flexibility index (Phi) is 14.5. The van der Waals surface area contributed by atoms with Crippen molar-refractivity contribution in [3.63, 3.8) is 0 Å². The summed E-state index contributed by atoms with van der Waals surface area (Å²) >= 11 is 5.93. The van der Waals surface area contributed by atoms with Crippen molar-refractivity contribution in [3.8, 4) is 17.2 Å². The van der Waals surface area contributed by atoms with E-state index in [-0.39, 0.29) is 32.2 Å². The summed E-state index contributed by atoms with van der Waals surface area (Å²) in [5.74, 6) is 0.265. The Bertz CT molecular complexity index is 1310. The summed E-state index contributed by atoms with van der Waals surface area (Å²) in [6.45, 7) is 12.6. The molecule has 0 aliphatic carbocycles. The lowest BCUT2D eigenvalue weighted by atomic mass is 9.98. The van der Waals surface area contributed by atoms with E-state index in [1.54, 1.807) is 61.5 Å². The van der Waals surface area contributed by atoms with E-state index in [1.807, 2.05) is 0 Å². The van der Waals surface area contributed by atoms with E-state index in [0.717, 1.165) is 0 Å². The van der Waals surface area contributed by atoms with Crippen LogP contribution in [0.2, 0.25) is 5.02 Å². The van der Waals surface area contributed by atoms with E-state index in [9.17, 15) is 14.7 Å². The van der Waals surface area contributed by atoms with Gasteiger partial charge in [0.2, 0.25) is 0 Å². The number of halogens is 1. The summed E-state index contributed by atoms with van der Waals surface area (Å²) in [6.07, 6.45) is -0.121. The van der Waals surface area contributed by atoms with Crippen LogP contribution >= 0.6 is 11.6 Å². The first kappa shape index (κ1) is 35.2. The Morgan fingerprint density at radius 1 is 0.933 bits per heavy atom. The molecule has 1 saturated heterocycles. The molecule has 45 heavy (non-hydrogen) atoms. The lowest BCUT2D eigenvalue weighted by molar-refractivity contribution is -0.296. The Morgan fingerprint density at radius 3 is 2.29 bits per heavy atom. The number of benzene rings is 2. The second-order valence-electron chi connectivity index (χ2n) is 9.33. The molecule has 12 heteroatoms. The molecule has 2 aromatic rings. The maximum Gasteiger partial charge on any atom is 0.508 e. The third-order valence-corrected chi connectivity index (χ3v) is 6.32. The molecule has 0 spiro atoms. The second kappa shape index (κ2) is 18.5. The third-order valence-electron chi connectivity index (χ3n) is 6.07. The number of hydrogen-bond acceptors (Lipinski definition) is 11. The average Bonchev–Trinajstić information content (AvgIpc) is 3.04. The van der Waals surface area contributed by atoms with Gasteiger partial charge < -0.3 is 43.0 Å². The van der Waals surface area contributed by atoms with Gasteiger partial charge in [0.1, 0.15) is 44.4 Å². The number of carbonyl (C=O) groups excluding carboxylic acids is 2. The largest absolute Gasteiger partial charge is 0.508 e. The highest BCUT2D eigenvalue weighted by Crippen LogP contribution is 2.35. The second-order valence-corrected chi connectivity index (χ2v) is 9.76. The maximum absolute atomic E-state index is 12.9. The maximum atomic E-state index is 12.9. The molecule has 5 atom stereocenters. The monoisotopic (exact) mass is 644 g/mol. The van der Waals surface area contributed by atoms with Crippen molar-refractivity contribution in [3.05, 3.63) is 97.1 Å². The van der Waals surface area contributed by atoms with Crippen LogP contribution in [-0.4, -0.2) is 81.0 Å². The van der Waals surface area contributed by atoms with Crippen LogP contribution in [0.4, 0.5) is 4.79 Å². The molecule has 1 fully saturated rings. The average molecular weight is 645 g/mol. The van der Waals surface area contributed by atoms with Gasteiger partial charge in [0.05, 0.1) is 0 Å². The van der Waals surface area contributed by atoms with Gasteiger partial charge in [-0.2, -0.15) is 0 Å². The molecule has 0 unspecified atom stereocenters. The molecule has 1 heterocycles. The third kappa shape index (κ3) is 11.0. The van der Waals surface area contributed by atoms with Gasteiger partial charge >= 0.3 is 12.1 Å². The van der Waals surface area contributed by atoms with Crippen LogP contribution in [0.15, 0.2) is 86.5 Å². The predicted octanol–water partition coefficient (Wildman–Crippen LogP) is 5.30. The number of esters is 1. The standard InChI is InChI=1S/C33H37ClO11/c1-5-17-39-25-15-14-24(20-26(25)40-18-6-2)43-31-29(36)30(45-28(35)16-11-22-9-12-23(34)13-10-22)27(44-32(31)38-8-4)21-42-33(37)41-19-7-3/h5-7,9-16,20,27,29-32,36H,1-3,8,17-19,21H2,4H3/b16-11+/t27-,29+,30-,31-,32-/m1/s1. The molecule has 0 amide bonds. The zero-order valence-corrected chi connectivity index (χ0v) is 25.6. The summed E-state index contributed by atoms with van der Waals surface area (Å²) < 4.78 is 45.0. The van der Waals surface area contributed by atoms with E-state index in [2.05, 4.69) is 19.7 Å². The Morgan fingerprint density at radius 2 is 1.62 bits per heavy atom. The van der Waals surface area contributed by atoms with Crippen LogP contribution in [0.5, 0.6) is 17.2 Å². The fraction of sp³-hybridized carbons (Fsp3) is 0.333. The molecule has 1 aliphatic rings. The molecule has 0 aromatic heterocycles. The highest BCUT2D eigenvalue weighted by Gasteiger charge is 2.50. The topological polar surface area (TPSA) is 128 Å². The highest BCUT2D eigenvalue weighted by molar-refractivity contribution is 6.30.